The minimum atomic E-state index is -0.686. The van der Waals surface area contributed by atoms with E-state index in [9.17, 15) is 5.11 Å². The van der Waals surface area contributed by atoms with E-state index in [1.807, 2.05) is 43.3 Å². The van der Waals surface area contributed by atoms with E-state index in [2.05, 4.69) is 15.9 Å². The molecule has 0 aliphatic rings. The first-order valence-electron chi connectivity index (χ1n) is 6.31. The van der Waals surface area contributed by atoms with Crippen LogP contribution in [0.5, 0.6) is 11.5 Å². The van der Waals surface area contributed by atoms with E-state index in [0.717, 1.165) is 27.1 Å². The molecule has 2 rings (SSSR count). The fraction of sp³-hybridized carbons (Fsp3) is 0.250. The van der Waals surface area contributed by atoms with Crippen molar-refractivity contribution in [2.75, 3.05) is 13.7 Å². The van der Waals surface area contributed by atoms with Crippen molar-refractivity contribution in [3.8, 4) is 11.5 Å². The standard InChI is InChI=1S/C16H17BrO3/c1-11-8-14(6-7-15(11)17)20-10-16(18)12-4-3-5-13(9-12)19-2/h3-9,16,18H,10H2,1-2H3. The second-order valence-electron chi connectivity index (χ2n) is 4.51. The molecule has 3 nitrogen and oxygen atoms in total. The van der Waals surface area contributed by atoms with Gasteiger partial charge in [-0.25, -0.2) is 0 Å². The van der Waals surface area contributed by atoms with Crippen molar-refractivity contribution in [1.82, 2.24) is 0 Å². The fourth-order valence-electron chi connectivity index (χ4n) is 1.83. The monoisotopic (exact) mass is 336 g/mol. The largest absolute Gasteiger partial charge is 0.497 e. The quantitative estimate of drug-likeness (QED) is 0.900. The Kier molecular flexibility index (Phi) is 5.04. The SMILES string of the molecule is COc1cccc(C(O)COc2ccc(Br)c(C)c2)c1. The lowest BCUT2D eigenvalue weighted by atomic mass is 10.1. The molecule has 0 amide bonds. The summed E-state index contributed by atoms with van der Waals surface area (Å²) in [6.07, 6.45) is -0.686. The van der Waals surface area contributed by atoms with Crippen molar-refractivity contribution >= 4 is 15.9 Å². The van der Waals surface area contributed by atoms with E-state index in [-0.39, 0.29) is 6.61 Å². The van der Waals surface area contributed by atoms with Gasteiger partial charge in [0, 0.05) is 4.47 Å². The zero-order valence-corrected chi connectivity index (χ0v) is 13.1. The van der Waals surface area contributed by atoms with E-state index in [4.69, 9.17) is 9.47 Å². The van der Waals surface area contributed by atoms with Crippen LogP contribution in [0.2, 0.25) is 0 Å². The first-order chi connectivity index (χ1) is 9.60. The molecule has 0 aliphatic carbocycles. The third-order valence-electron chi connectivity index (χ3n) is 3.02. The smallest absolute Gasteiger partial charge is 0.119 e. The zero-order chi connectivity index (χ0) is 14.5. The van der Waals surface area contributed by atoms with Gasteiger partial charge in [0.05, 0.1) is 7.11 Å². The highest BCUT2D eigenvalue weighted by molar-refractivity contribution is 9.10. The van der Waals surface area contributed by atoms with E-state index < -0.39 is 6.10 Å². The Hall–Kier alpha value is -1.52. The summed E-state index contributed by atoms with van der Waals surface area (Å²) in [7, 11) is 1.60. The molecular weight excluding hydrogens is 320 g/mol. The maximum atomic E-state index is 10.1. The van der Waals surface area contributed by atoms with Crippen molar-refractivity contribution in [1.29, 1.82) is 0 Å². The van der Waals surface area contributed by atoms with Crippen molar-refractivity contribution in [3.05, 3.63) is 58.1 Å². The van der Waals surface area contributed by atoms with Crippen LogP contribution >= 0.6 is 15.9 Å². The van der Waals surface area contributed by atoms with Gasteiger partial charge >= 0.3 is 0 Å². The number of aryl methyl sites for hydroxylation is 1. The third-order valence-corrected chi connectivity index (χ3v) is 3.91. The molecule has 106 valence electrons. The average molecular weight is 337 g/mol. The van der Waals surface area contributed by atoms with Gasteiger partial charge in [-0.1, -0.05) is 28.1 Å². The summed E-state index contributed by atoms with van der Waals surface area (Å²) in [5.74, 6) is 1.47. The molecular formula is C16H17BrO3. The summed E-state index contributed by atoms with van der Waals surface area (Å²) < 4.78 is 11.8. The molecule has 0 saturated carbocycles. The minimum Gasteiger partial charge on any atom is -0.497 e. The Balaban J connectivity index is 2.00. The van der Waals surface area contributed by atoms with Gasteiger partial charge in [0.25, 0.3) is 0 Å². The molecule has 1 N–H and O–H groups in total. The molecule has 2 aromatic rings. The van der Waals surface area contributed by atoms with Crippen molar-refractivity contribution in [3.63, 3.8) is 0 Å². The fourth-order valence-corrected chi connectivity index (χ4v) is 2.07. The van der Waals surface area contributed by atoms with Gasteiger partial charge in [-0.2, -0.15) is 0 Å². The highest BCUT2D eigenvalue weighted by atomic mass is 79.9. The molecule has 1 atom stereocenters. The van der Waals surface area contributed by atoms with E-state index in [1.54, 1.807) is 13.2 Å². The van der Waals surface area contributed by atoms with Gasteiger partial charge in [-0.3, -0.25) is 0 Å². The molecule has 0 aromatic heterocycles. The summed E-state index contributed by atoms with van der Waals surface area (Å²) in [4.78, 5) is 0. The van der Waals surface area contributed by atoms with Gasteiger partial charge in [0.2, 0.25) is 0 Å². The molecule has 4 heteroatoms. The van der Waals surface area contributed by atoms with Crippen LogP contribution in [-0.2, 0) is 0 Å². The normalized spacial score (nSPS) is 12.0. The van der Waals surface area contributed by atoms with Gasteiger partial charge in [-0.05, 0) is 48.4 Å². The maximum absolute atomic E-state index is 10.1. The van der Waals surface area contributed by atoms with Crippen molar-refractivity contribution in [2.24, 2.45) is 0 Å². The minimum absolute atomic E-state index is 0.203. The van der Waals surface area contributed by atoms with Crippen LogP contribution in [-0.4, -0.2) is 18.8 Å². The van der Waals surface area contributed by atoms with Gasteiger partial charge in [-0.15, -0.1) is 0 Å². The second kappa shape index (κ2) is 6.77. The predicted octanol–water partition coefficient (Wildman–Crippen LogP) is 3.88. The summed E-state index contributed by atoms with van der Waals surface area (Å²) in [6, 6.07) is 13.1. The summed E-state index contributed by atoms with van der Waals surface area (Å²) in [6.45, 7) is 2.20. The molecule has 20 heavy (non-hydrogen) atoms. The maximum Gasteiger partial charge on any atom is 0.119 e. The van der Waals surface area contributed by atoms with Gasteiger partial charge < -0.3 is 14.6 Å². The molecule has 2 aromatic carbocycles. The molecule has 0 heterocycles. The highest BCUT2D eigenvalue weighted by Gasteiger charge is 2.09. The Morgan fingerprint density at radius 3 is 2.65 bits per heavy atom. The first kappa shape index (κ1) is 14.9. The molecule has 0 aliphatic heterocycles. The number of aliphatic hydroxyl groups excluding tert-OH is 1. The summed E-state index contributed by atoms with van der Waals surface area (Å²) in [5.41, 5.74) is 1.87. The summed E-state index contributed by atoms with van der Waals surface area (Å²) >= 11 is 3.44. The highest BCUT2D eigenvalue weighted by Crippen LogP contribution is 2.24. The van der Waals surface area contributed by atoms with Crippen LogP contribution in [0.15, 0.2) is 46.9 Å². The van der Waals surface area contributed by atoms with E-state index in [1.165, 1.54) is 0 Å². The van der Waals surface area contributed by atoms with Crippen LogP contribution in [0.3, 0.4) is 0 Å². The number of aliphatic hydroxyl groups is 1. The van der Waals surface area contributed by atoms with E-state index in [0.29, 0.717) is 0 Å². The number of hydrogen-bond donors (Lipinski definition) is 1. The molecule has 0 fully saturated rings. The number of ether oxygens (including phenoxy) is 2. The van der Waals surface area contributed by atoms with Gasteiger partial charge in [0.1, 0.15) is 24.2 Å². The number of benzene rings is 2. The lowest BCUT2D eigenvalue weighted by Gasteiger charge is -2.14. The molecule has 0 spiro atoms. The number of hydrogen-bond acceptors (Lipinski definition) is 3. The lowest BCUT2D eigenvalue weighted by molar-refractivity contribution is 0.108. The molecule has 0 saturated heterocycles. The second-order valence-corrected chi connectivity index (χ2v) is 5.37. The predicted molar refractivity (Wildman–Crippen MR) is 82.3 cm³/mol. The molecule has 1 unspecified atom stereocenters. The van der Waals surface area contributed by atoms with Gasteiger partial charge in [0.15, 0.2) is 0 Å². The van der Waals surface area contributed by atoms with Crippen LogP contribution in [0.4, 0.5) is 0 Å². The number of rotatable bonds is 5. The third kappa shape index (κ3) is 3.74. The molecule has 0 bridgehead atoms. The Morgan fingerprint density at radius 1 is 1.15 bits per heavy atom. The number of methoxy groups -OCH3 is 1. The van der Waals surface area contributed by atoms with Crippen molar-refractivity contribution in [2.45, 2.75) is 13.0 Å². The van der Waals surface area contributed by atoms with Crippen LogP contribution < -0.4 is 9.47 Å². The zero-order valence-electron chi connectivity index (χ0n) is 11.5. The van der Waals surface area contributed by atoms with Crippen LogP contribution in [0.25, 0.3) is 0 Å². The topological polar surface area (TPSA) is 38.7 Å². The summed E-state index contributed by atoms with van der Waals surface area (Å²) in [5, 5.41) is 10.1. The first-order valence-corrected chi connectivity index (χ1v) is 7.10. The Morgan fingerprint density at radius 2 is 1.95 bits per heavy atom. The van der Waals surface area contributed by atoms with Crippen LogP contribution in [0, 0.1) is 6.92 Å². The number of halogens is 1. The average Bonchev–Trinajstić information content (AvgIpc) is 2.48. The van der Waals surface area contributed by atoms with Crippen LogP contribution in [0.1, 0.15) is 17.2 Å². The Bertz CT molecular complexity index is 584. The Labute approximate surface area is 127 Å². The van der Waals surface area contributed by atoms with E-state index >= 15 is 0 Å². The molecule has 0 radical (unpaired) electrons. The van der Waals surface area contributed by atoms with Crippen molar-refractivity contribution < 1.29 is 14.6 Å². The lowest BCUT2D eigenvalue weighted by Crippen LogP contribution is -2.09.